The molecule has 7 nitrogen and oxygen atoms in total. The number of nitrogen functional groups attached to an aromatic ring is 1. The molecular formula is C22H24ClFIN7. The first-order chi connectivity index (χ1) is 15.0. The van der Waals surface area contributed by atoms with Gasteiger partial charge in [0.15, 0.2) is 5.96 Å². The van der Waals surface area contributed by atoms with Crippen LogP contribution in [0.1, 0.15) is 23.2 Å². The van der Waals surface area contributed by atoms with Crippen LogP contribution in [0.5, 0.6) is 0 Å². The van der Waals surface area contributed by atoms with Crippen LogP contribution in [-0.2, 0) is 13.0 Å². The number of guanidine groups is 1. The summed E-state index contributed by atoms with van der Waals surface area (Å²) in [5, 5.41) is 21.1. The molecule has 0 bridgehead atoms. The summed E-state index contributed by atoms with van der Waals surface area (Å²) in [6, 6.07) is 15.5. The summed E-state index contributed by atoms with van der Waals surface area (Å²) in [7, 11) is 1.70. The molecule has 168 valence electrons. The topological polar surface area (TPSA) is 104 Å². The van der Waals surface area contributed by atoms with Crippen LogP contribution < -0.4 is 16.4 Å². The Morgan fingerprint density at radius 1 is 1.22 bits per heavy atom. The van der Waals surface area contributed by atoms with E-state index in [2.05, 4.69) is 26.8 Å². The van der Waals surface area contributed by atoms with Crippen LogP contribution in [0.4, 0.5) is 10.2 Å². The molecule has 32 heavy (non-hydrogen) atoms. The van der Waals surface area contributed by atoms with E-state index < -0.39 is 0 Å². The zero-order valence-electron chi connectivity index (χ0n) is 17.5. The van der Waals surface area contributed by atoms with Crippen LogP contribution in [0.3, 0.4) is 0 Å². The zero-order valence-corrected chi connectivity index (χ0v) is 20.6. The number of halogens is 3. The fourth-order valence-electron chi connectivity index (χ4n) is 3.06. The summed E-state index contributed by atoms with van der Waals surface area (Å²) >= 11 is 6.18. The van der Waals surface area contributed by atoms with Gasteiger partial charge >= 0.3 is 0 Å². The first kappa shape index (κ1) is 25.4. The Morgan fingerprint density at radius 2 is 1.94 bits per heavy atom. The van der Waals surface area contributed by atoms with E-state index in [0.717, 1.165) is 5.56 Å². The lowest BCUT2D eigenvalue weighted by molar-refractivity contribution is 0.627. The highest BCUT2D eigenvalue weighted by Gasteiger charge is 2.16. The van der Waals surface area contributed by atoms with Gasteiger partial charge < -0.3 is 16.4 Å². The first-order valence-electron chi connectivity index (χ1n) is 9.74. The molecule has 1 heterocycles. The quantitative estimate of drug-likeness (QED) is 0.173. The summed E-state index contributed by atoms with van der Waals surface area (Å²) in [6.45, 7) is 1.17. The van der Waals surface area contributed by atoms with E-state index in [1.807, 2.05) is 24.3 Å². The van der Waals surface area contributed by atoms with Gasteiger partial charge in [-0.25, -0.2) is 9.07 Å². The minimum absolute atomic E-state index is 0. The van der Waals surface area contributed by atoms with Gasteiger partial charge in [0.25, 0.3) is 0 Å². The van der Waals surface area contributed by atoms with Gasteiger partial charge in [0.05, 0.1) is 11.4 Å². The highest BCUT2D eigenvalue weighted by molar-refractivity contribution is 14.0. The number of aryl methyl sites for hydroxylation is 1. The molecular weight excluding hydrogens is 544 g/mol. The van der Waals surface area contributed by atoms with Crippen LogP contribution in [0, 0.1) is 17.1 Å². The third-order valence-corrected chi connectivity index (χ3v) is 5.06. The molecule has 0 amide bonds. The zero-order chi connectivity index (χ0) is 22.2. The Hall–Kier alpha value is -2.84. The number of nitrogens with one attached hydrogen (secondary N) is 2. The second kappa shape index (κ2) is 12.3. The fraction of sp³-hybridized carbons (Fsp3) is 0.227. The van der Waals surface area contributed by atoms with Crippen LogP contribution in [0.2, 0.25) is 5.02 Å². The molecule has 0 radical (unpaired) electrons. The number of anilines is 1. The van der Waals surface area contributed by atoms with Gasteiger partial charge in [-0.3, -0.25) is 4.99 Å². The second-order valence-electron chi connectivity index (χ2n) is 6.75. The SMILES string of the molecule is CN=C(NCCCc1nn(-c2ccc(F)cc2)c(N)c1C#N)NCc1ccccc1Cl.I. The highest BCUT2D eigenvalue weighted by atomic mass is 127. The van der Waals surface area contributed by atoms with Crippen molar-refractivity contribution in [2.45, 2.75) is 19.4 Å². The molecule has 0 aliphatic rings. The molecule has 0 saturated carbocycles. The Kier molecular flexibility index (Phi) is 9.74. The standard InChI is InChI=1S/C22H23ClFN7.HI/c1-27-22(29-14-15-5-2-3-6-19(15)23)28-12-4-7-20-18(13-25)21(26)31(30-20)17-10-8-16(24)9-11-17;/h2-3,5-6,8-11H,4,7,12,14,26H2,1H3,(H2,27,28,29);1H. The lowest BCUT2D eigenvalue weighted by atomic mass is 10.1. The van der Waals surface area contributed by atoms with Crippen molar-refractivity contribution in [3.05, 3.63) is 76.2 Å². The van der Waals surface area contributed by atoms with E-state index in [9.17, 15) is 9.65 Å². The van der Waals surface area contributed by atoms with Crippen molar-refractivity contribution in [3.63, 3.8) is 0 Å². The molecule has 0 aliphatic heterocycles. The molecule has 0 aliphatic carbocycles. The number of aromatic nitrogens is 2. The molecule has 3 aromatic rings. The van der Waals surface area contributed by atoms with E-state index in [-0.39, 0.29) is 35.6 Å². The number of nitrogens with two attached hydrogens (primary N) is 1. The molecule has 4 N–H and O–H groups in total. The normalized spacial score (nSPS) is 10.9. The number of benzene rings is 2. The van der Waals surface area contributed by atoms with E-state index in [1.165, 1.54) is 16.8 Å². The van der Waals surface area contributed by atoms with Gasteiger partial charge in [0.2, 0.25) is 0 Å². The lowest BCUT2D eigenvalue weighted by Crippen LogP contribution is -2.37. The smallest absolute Gasteiger partial charge is 0.191 e. The van der Waals surface area contributed by atoms with Gasteiger partial charge in [0, 0.05) is 25.2 Å². The van der Waals surface area contributed by atoms with Crippen molar-refractivity contribution in [2.75, 3.05) is 19.3 Å². The van der Waals surface area contributed by atoms with Crippen molar-refractivity contribution < 1.29 is 4.39 Å². The minimum Gasteiger partial charge on any atom is -0.382 e. The largest absolute Gasteiger partial charge is 0.382 e. The molecule has 1 aromatic heterocycles. The van der Waals surface area contributed by atoms with Crippen LogP contribution in [0.15, 0.2) is 53.5 Å². The van der Waals surface area contributed by atoms with Crippen LogP contribution >= 0.6 is 35.6 Å². The van der Waals surface area contributed by atoms with Gasteiger partial charge in [-0.05, 0) is 48.7 Å². The first-order valence-corrected chi connectivity index (χ1v) is 10.1. The van der Waals surface area contributed by atoms with Crippen molar-refractivity contribution in [2.24, 2.45) is 4.99 Å². The molecule has 2 aromatic carbocycles. The molecule has 0 fully saturated rings. The minimum atomic E-state index is -0.349. The molecule has 0 unspecified atom stereocenters. The van der Waals surface area contributed by atoms with Crippen molar-refractivity contribution in [1.82, 2.24) is 20.4 Å². The maximum Gasteiger partial charge on any atom is 0.191 e. The van der Waals surface area contributed by atoms with Crippen LogP contribution in [0.25, 0.3) is 5.69 Å². The number of nitriles is 1. The summed E-state index contributed by atoms with van der Waals surface area (Å²) in [5.41, 5.74) is 8.62. The number of hydrogen-bond donors (Lipinski definition) is 3. The van der Waals surface area contributed by atoms with Crippen molar-refractivity contribution in [3.8, 4) is 11.8 Å². The van der Waals surface area contributed by atoms with Gasteiger partial charge in [-0.15, -0.1) is 24.0 Å². The van der Waals surface area contributed by atoms with Gasteiger partial charge in [-0.1, -0.05) is 29.8 Å². The fourth-order valence-corrected chi connectivity index (χ4v) is 3.26. The molecule has 10 heteroatoms. The lowest BCUT2D eigenvalue weighted by Gasteiger charge is -2.12. The number of nitrogens with zero attached hydrogens (tertiary/aromatic N) is 4. The van der Waals surface area contributed by atoms with E-state index in [0.29, 0.717) is 53.9 Å². The maximum atomic E-state index is 13.2. The summed E-state index contributed by atoms with van der Waals surface area (Å²) in [5.74, 6) is 0.545. The Morgan fingerprint density at radius 3 is 2.59 bits per heavy atom. The van der Waals surface area contributed by atoms with E-state index in [1.54, 1.807) is 19.2 Å². The van der Waals surface area contributed by atoms with Gasteiger partial charge in [-0.2, -0.15) is 10.4 Å². The average molecular weight is 568 g/mol. The Balaban J connectivity index is 0.00000363. The monoisotopic (exact) mass is 567 g/mol. The average Bonchev–Trinajstić information content (AvgIpc) is 3.10. The van der Waals surface area contributed by atoms with Crippen molar-refractivity contribution in [1.29, 1.82) is 5.26 Å². The van der Waals surface area contributed by atoms with Gasteiger partial charge in [0.1, 0.15) is 23.3 Å². The molecule has 0 spiro atoms. The third-order valence-electron chi connectivity index (χ3n) is 4.69. The Bertz CT molecular complexity index is 1110. The van der Waals surface area contributed by atoms with E-state index >= 15 is 0 Å². The molecule has 0 atom stereocenters. The predicted octanol–water partition coefficient (Wildman–Crippen LogP) is 4.03. The third kappa shape index (κ3) is 6.34. The number of aliphatic imine (C=N–C) groups is 1. The number of rotatable bonds is 7. The number of hydrogen-bond acceptors (Lipinski definition) is 4. The summed E-state index contributed by atoms with van der Waals surface area (Å²) < 4.78 is 14.6. The van der Waals surface area contributed by atoms with Crippen LogP contribution in [-0.4, -0.2) is 29.3 Å². The molecule has 3 rings (SSSR count). The second-order valence-corrected chi connectivity index (χ2v) is 7.16. The molecule has 0 saturated heterocycles. The highest BCUT2D eigenvalue weighted by Crippen LogP contribution is 2.21. The predicted molar refractivity (Wildman–Crippen MR) is 136 cm³/mol. The van der Waals surface area contributed by atoms with Crippen molar-refractivity contribution >= 4 is 47.4 Å². The Labute approximate surface area is 208 Å². The van der Waals surface area contributed by atoms with E-state index in [4.69, 9.17) is 17.3 Å². The summed E-state index contributed by atoms with van der Waals surface area (Å²) in [6.07, 6.45) is 1.26. The summed E-state index contributed by atoms with van der Waals surface area (Å²) in [4.78, 5) is 4.20. The maximum absolute atomic E-state index is 13.2.